The summed E-state index contributed by atoms with van der Waals surface area (Å²) in [4.78, 5) is 9.87. The van der Waals surface area contributed by atoms with E-state index in [2.05, 4.69) is 58.5 Å². The molecule has 1 aromatic rings. The summed E-state index contributed by atoms with van der Waals surface area (Å²) in [6.07, 6.45) is 7.48. The Bertz CT molecular complexity index is 654. The third kappa shape index (κ3) is 7.39. The average Bonchev–Trinajstić information content (AvgIpc) is 2.83. The van der Waals surface area contributed by atoms with Crippen LogP contribution in [-0.2, 0) is 6.54 Å². The Kier molecular flexibility index (Phi) is 9.94. The lowest BCUT2D eigenvalue weighted by molar-refractivity contribution is 0.147. The van der Waals surface area contributed by atoms with Crippen molar-refractivity contribution in [2.75, 3.05) is 50.8 Å². The quantitative estimate of drug-likeness (QED) is 0.416. The molecule has 6 nitrogen and oxygen atoms in total. The summed E-state index contributed by atoms with van der Waals surface area (Å²) in [6, 6.07) is 9.57. The highest BCUT2D eigenvalue weighted by Crippen LogP contribution is 2.23. The largest absolute Gasteiger partial charge is 0.396 e. The number of aliphatic hydroxyl groups excluding tert-OH is 1. The lowest BCUT2D eigenvalue weighted by atomic mass is 9.97. The number of benzene rings is 1. The van der Waals surface area contributed by atoms with Crippen LogP contribution in [0.15, 0.2) is 29.3 Å². The van der Waals surface area contributed by atoms with Gasteiger partial charge in [-0.25, -0.2) is 4.99 Å². The molecule has 0 radical (unpaired) electrons. The first-order valence-corrected chi connectivity index (χ1v) is 12.4. The van der Waals surface area contributed by atoms with Crippen molar-refractivity contribution in [2.24, 2.45) is 10.9 Å². The van der Waals surface area contributed by atoms with Crippen LogP contribution in [0.4, 0.5) is 5.69 Å². The van der Waals surface area contributed by atoms with Crippen LogP contribution >= 0.6 is 0 Å². The highest BCUT2D eigenvalue weighted by molar-refractivity contribution is 5.79. The van der Waals surface area contributed by atoms with Crippen molar-refractivity contribution in [3.05, 3.63) is 29.8 Å². The molecule has 3 N–H and O–H groups in total. The van der Waals surface area contributed by atoms with Crippen LogP contribution in [0.2, 0.25) is 0 Å². The van der Waals surface area contributed by atoms with Crippen molar-refractivity contribution in [3.63, 3.8) is 0 Å². The second-order valence-corrected chi connectivity index (χ2v) is 9.00. The van der Waals surface area contributed by atoms with E-state index in [1.807, 2.05) is 0 Å². The molecule has 1 atom stereocenters. The highest BCUT2D eigenvalue weighted by atomic mass is 16.3. The fourth-order valence-corrected chi connectivity index (χ4v) is 4.83. The van der Waals surface area contributed by atoms with Crippen LogP contribution in [0.25, 0.3) is 0 Å². The summed E-state index contributed by atoms with van der Waals surface area (Å²) in [5.41, 5.74) is 2.51. The molecular weight excluding hydrogens is 386 g/mol. The Balaban J connectivity index is 1.47. The first-order valence-electron chi connectivity index (χ1n) is 12.4. The van der Waals surface area contributed by atoms with E-state index in [1.54, 1.807) is 0 Å². The lowest BCUT2D eigenvalue weighted by Crippen LogP contribution is -2.45. The molecule has 2 heterocycles. The van der Waals surface area contributed by atoms with Crippen molar-refractivity contribution in [2.45, 2.75) is 65.0 Å². The molecule has 3 rings (SSSR count). The van der Waals surface area contributed by atoms with E-state index in [0.29, 0.717) is 19.1 Å². The number of guanidine groups is 1. The van der Waals surface area contributed by atoms with Crippen LogP contribution in [0.5, 0.6) is 0 Å². The molecule has 2 fully saturated rings. The van der Waals surface area contributed by atoms with E-state index in [0.717, 1.165) is 57.6 Å². The van der Waals surface area contributed by atoms with Crippen molar-refractivity contribution >= 4 is 11.6 Å². The number of rotatable bonds is 9. The molecule has 2 aliphatic heterocycles. The van der Waals surface area contributed by atoms with E-state index in [4.69, 9.17) is 4.99 Å². The minimum absolute atomic E-state index is 0.324. The van der Waals surface area contributed by atoms with Gasteiger partial charge in [-0.1, -0.05) is 25.5 Å². The van der Waals surface area contributed by atoms with Gasteiger partial charge in [0.25, 0.3) is 0 Å². The highest BCUT2D eigenvalue weighted by Gasteiger charge is 2.20. The topological polar surface area (TPSA) is 63.1 Å². The van der Waals surface area contributed by atoms with Crippen molar-refractivity contribution in [1.29, 1.82) is 0 Å². The Labute approximate surface area is 189 Å². The van der Waals surface area contributed by atoms with Crippen molar-refractivity contribution < 1.29 is 5.11 Å². The molecule has 0 bridgehead atoms. The minimum Gasteiger partial charge on any atom is -0.396 e. The molecule has 0 spiro atoms. The summed E-state index contributed by atoms with van der Waals surface area (Å²) in [5.74, 6) is 1.38. The standard InChI is InChI=1S/C25H43N5O/c1-3-23-7-5-6-15-29(23)18-14-27-25(26-4-2)28-19-21-8-10-24(11-9-21)30-16-12-22(20-31)13-17-30/h8-11,22-23,31H,3-7,12-20H2,1-2H3,(H2,26,27,28). The third-order valence-electron chi connectivity index (χ3n) is 6.85. The van der Waals surface area contributed by atoms with Gasteiger partial charge < -0.3 is 20.6 Å². The predicted molar refractivity (Wildman–Crippen MR) is 131 cm³/mol. The van der Waals surface area contributed by atoms with Gasteiger partial charge in [-0.15, -0.1) is 0 Å². The molecule has 1 aromatic carbocycles. The summed E-state index contributed by atoms with van der Waals surface area (Å²) < 4.78 is 0. The SMILES string of the molecule is CCNC(=NCc1ccc(N2CCC(CO)CC2)cc1)NCCN1CCCCC1CC. The van der Waals surface area contributed by atoms with Crippen LogP contribution in [0, 0.1) is 5.92 Å². The number of aliphatic hydroxyl groups is 1. The molecule has 0 saturated carbocycles. The second kappa shape index (κ2) is 12.9. The van der Waals surface area contributed by atoms with Crippen LogP contribution in [0.1, 0.15) is 57.9 Å². The fourth-order valence-electron chi connectivity index (χ4n) is 4.83. The molecule has 31 heavy (non-hydrogen) atoms. The Morgan fingerprint density at radius 3 is 2.48 bits per heavy atom. The van der Waals surface area contributed by atoms with E-state index >= 15 is 0 Å². The zero-order valence-electron chi connectivity index (χ0n) is 19.7. The monoisotopic (exact) mass is 429 g/mol. The van der Waals surface area contributed by atoms with E-state index < -0.39 is 0 Å². The number of anilines is 1. The van der Waals surface area contributed by atoms with Gasteiger partial charge in [0.2, 0.25) is 0 Å². The number of nitrogens with zero attached hydrogens (tertiary/aromatic N) is 3. The number of aliphatic imine (C=N–C) groups is 1. The normalized spacial score (nSPS) is 21.3. The first kappa shape index (κ1) is 23.9. The summed E-state index contributed by atoms with van der Waals surface area (Å²) in [6.45, 7) is 11.6. The Morgan fingerprint density at radius 1 is 1.03 bits per heavy atom. The summed E-state index contributed by atoms with van der Waals surface area (Å²) in [7, 11) is 0. The number of nitrogens with one attached hydrogen (secondary N) is 2. The van der Waals surface area contributed by atoms with E-state index in [1.165, 1.54) is 43.5 Å². The predicted octanol–water partition coefficient (Wildman–Crippen LogP) is 3.21. The summed E-state index contributed by atoms with van der Waals surface area (Å²) in [5, 5.41) is 16.2. The summed E-state index contributed by atoms with van der Waals surface area (Å²) >= 11 is 0. The maximum absolute atomic E-state index is 9.33. The number of piperidine rings is 2. The fraction of sp³-hybridized carbons (Fsp3) is 0.720. The Morgan fingerprint density at radius 2 is 1.81 bits per heavy atom. The Hall–Kier alpha value is -1.79. The third-order valence-corrected chi connectivity index (χ3v) is 6.85. The molecule has 6 heteroatoms. The lowest BCUT2D eigenvalue weighted by Gasteiger charge is -2.35. The van der Waals surface area contributed by atoms with Gasteiger partial charge in [-0.2, -0.15) is 0 Å². The van der Waals surface area contributed by atoms with Gasteiger partial charge in [0.05, 0.1) is 6.54 Å². The van der Waals surface area contributed by atoms with Gasteiger partial charge in [0.1, 0.15) is 0 Å². The molecular formula is C25H43N5O. The molecule has 0 aromatic heterocycles. The zero-order valence-corrected chi connectivity index (χ0v) is 19.7. The maximum Gasteiger partial charge on any atom is 0.191 e. The molecule has 2 saturated heterocycles. The number of hydrogen-bond acceptors (Lipinski definition) is 4. The van der Waals surface area contributed by atoms with Crippen LogP contribution < -0.4 is 15.5 Å². The van der Waals surface area contributed by atoms with Gasteiger partial charge in [-0.05, 0) is 69.2 Å². The van der Waals surface area contributed by atoms with Crippen molar-refractivity contribution in [1.82, 2.24) is 15.5 Å². The van der Waals surface area contributed by atoms with Crippen LogP contribution in [0.3, 0.4) is 0 Å². The number of likely N-dealkylation sites (tertiary alicyclic amines) is 1. The maximum atomic E-state index is 9.33. The molecule has 1 unspecified atom stereocenters. The molecule has 2 aliphatic rings. The van der Waals surface area contributed by atoms with Gasteiger partial charge >= 0.3 is 0 Å². The smallest absolute Gasteiger partial charge is 0.191 e. The molecule has 0 aliphatic carbocycles. The van der Waals surface area contributed by atoms with E-state index in [9.17, 15) is 5.11 Å². The second-order valence-electron chi connectivity index (χ2n) is 9.00. The molecule has 0 amide bonds. The average molecular weight is 430 g/mol. The van der Waals surface area contributed by atoms with E-state index in [-0.39, 0.29) is 0 Å². The minimum atomic E-state index is 0.324. The van der Waals surface area contributed by atoms with Gasteiger partial charge in [0, 0.05) is 51.1 Å². The zero-order chi connectivity index (χ0) is 21.9. The van der Waals surface area contributed by atoms with Crippen LogP contribution in [-0.4, -0.2) is 67.9 Å². The molecule has 174 valence electrons. The number of hydrogen-bond donors (Lipinski definition) is 3. The van der Waals surface area contributed by atoms with Gasteiger partial charge in [0.15, 0.2) is 5.96 Å². The van der Waals surface area contributed by atoms with Crippen molar-refractivity contribution in [3.8, 4) is 0 Å². The van der Waals surface area contributed by atoms with Gasteiger partial charge in [-0.3, -0.25) is 4.90 Å². The first-order chi connectivity index (χ1) is 15.2.